The first-order valence-electron chi connectivity index (χ1n) is 14.4. The zero-order valence-electron chi connectivity index (χ0n) is 23.6. The third kappa shape index (κ3) is 8.83. The van der Waals surface area contributed by atoms with Gasteiger partial charge in [-0.2, -0.15) is 0 Å². The van der Waals surface area contributed by atoms with Crippen LogP contribution < -0.4 is 20.9 Å². The van der Waals surface area contributed by atoms with Crippen molar-refractivity contribution in [1.82, 2.24) is 15.6 Å². The summed E-state index contributed by atoms with van der Waals surface area (Å²) < 4.78 is 5.96. The molecule has 9 nitrogen and oxygen atoms in total. The lowest BCUT2D eigenvalue weighted by Gasteiger charge is -2.19. The molecule has 0 fully saturated rings. The Labute approximate surface area is 245 Å². The summed E-state index contributed by atoms with van der Waals surface area (Å²) in [5, 5.41) is 36.5. The second-order valence-corrected chi connectivity index (χ2v) is 10.3. The number of pyridine rings is 1. The largest absolute Gasteiger partial charge is 0.506 e. The van der Waals surface area contributed by atoms with Crippen molar-refractivity contribution in [3.8, 4) is 11.5 Å². The number of aromatic hydroxyl groups is 1. The maximum atomic E-state index is 11.6. The molecule has 4 rings (SSSR count). The maximum absolute atomic E-state index is 11.6. The Balaban J connectivity index is 1.10. The fourth-order valence-electron chi connectivity index (χ4n) is 5.06. The summed E-state index contributed by atoms with van der Waals surface area (Å²) in [5.74, 6) is 0.706. The molecule has 0 bridgehead atoms. The predicted molar refractivity (Wildman–Crippen MR) is 163 cm³/mol. The van der Waals surface area contributed by atoms with E-state index in [1.165, 1.54) is 12.1 Å². The Kier molecular flexibility index (Phi) is 11.4. The van der Waals surface area contributed by atoms with Crippen LogP contribution in [-0.2, 0) is 0 Å². The van der Waals surface area contributed by atoms with Crippen LogP contribution in [0.5, 0.6) is 11.5 Å². The molecule has 0 saturated carbocycles. The number of phenolic OH excluding ortho intramolecular Hbond substituents is 1. The summed E-state index contributed by atoms with van der Waals surface area (Å²) in [7, 11) is 0. The highest BCUT2D eigenvalue weighted by molar-refractivity contribution is 5.87. The molecule has 1 unspecified atom stereocenters. The number of carboxylic acid groups (broad SMARTS) is 1. The van der Waals surface area contributed by atoms with Gasteiger partial charge in [0.25, 0.3) is 0 Å². The van der Waals surface area contributed by atoms with Gasteiger partial charge in [-0.3, -0.25) is 4.79 Å². The number of benzene rings is 3. The zero-order valence-corrected chi connectivity index (χ0v) is 23.6. The molecule has 1 heterocycles. The van der Waals surface area contributed by atoms with Gasteiger partial charge >= 0.3 is 6.09 Å². The third-order valence-corrected chi connectivity index (χ3v) is 7.21. The summed E-state index contributed by atoms with van der Waals surface area (Å²) in [6.07, 6.45) is 4.51. The number of H-pyrrole nitrogens is 1. The molecule has 0 spiro atoms. The van der Waals surface area contributed by atoms with Crippen molar-refractivity contribution in [1.29, 1.82) is 0 Å². The van der Waals surface area contributed by atoms with Crippen LogP contribution >= 0.6 is 0 Å². The normalized spacial score (nSPS) is 12.6. The van der Waals surface area contributed by atoms with E-state index in [0.717, 1.165) is 61.9 Å². The van der Waals surface area contributed by atoms with E-state index < -0.39 is 18.2 Å². The smallest absolute Gasteiger partial charge is 0.405 e. The number of aromatic amines is 1. The van der Waals surface area contributed by atoms with Gasteiger partial charge in [0, 0.05) is 18.0 Å². The number of rotatable bonds is 16. The number of amides is 1. The summed E-state index contributed by atoms with van der Waals surface area (Å²) in [5.41, 5.74) is 2.39. The maximum Gasteiger partial charge on any atom is 0.405 e. The van der Waals surface area contributed by atoms with Crippen molar-refractivity contribution >= 4 is 17.0 Å². The molecule has 4 aromatic rings. The molecule has 222 valence electrons. The molecule has 1 aromatic heterocycles. The van der Waals surface area contributed by atoms with Crippen LogP contribution in [0.2, 0.25) is 0 Å². The molecule has 0 aliphatic carbocycles. The quantitative estimate of drug-likeness (QED) is 0.0953. The van der Waals surface area contributed by atoms with Gasteiger partial charge in [0.05, 0.1) is 24.3 Å². The lowest BCUT2D eigenvalue weighted by molar-refractivity contribution is 0.176. The minimum Gasteiger partial charge on any atom is -0.506 e. The van der Waals surface area contributed by atoms with E-state index >= 15 is 0 Å². The van der Waals surface area contributed by atoms with Gasteiger partial charge in [0.1, 0.15) is 11.5 Å². The fourth-order valence-corrected chi connectivity index (χ4v) is 5.06. The average molecular weight is 574 g/mol. The number of phenols is 1. The van der Waals surface area contributed by atoms with Crippen molar-refractivity contribution in [2.75, 3.05) is 19.7 Å². The Morgan fingerprint density at radius 2 is 1.60 bits per heavy atom. The lowest BCUT2D eigenvalue weighted by Crippen LogP contribution is -2.27. The number of nitrogens with one attached hydrogen (secondary N) is 3. The van der Waals surface area contributed by atoms with E-state index in [1.54, 1.807) is 12.1 Å². The average Bonchev–Trinajstić information content (AvgIpc) is 2.99. The van der Waals surface area contributed by atoms with Crippen molar-refractivity contribution < 1.29 is 24.9 Å². The van der Waals surface area contributed by atoms with Crippen LogP contribution in [0, 0.1) is 0 Å². The fraction of sp³-hybridized carbons (Fsp3) is 0.333. The van der Waals surface area contributed by atoms with Crippen LogP contribution in [0.15, 0.2) is 83.7 Å². The van der Waals surface area contributed by atoms with E-state index in [1.807, 2.05) is 54.6 Å². The highest BCUT2D eigenvalue weighted by Crippen LogP contribution is 2.29. The second kappa shape index (κ2) is 15.6. The number of aliphatic hydroxyl groups excluding tert-OH is 1. The van der Waals surface area contributed by atoms with Crippen molar-refractivity contribution in [3.63, 3.8) is 0 Å². The summed E-state index contributed by atoms with van der Waals surface area (Å²) in [6, 6.07) is 22.7. The highest BCUT2D eigenvalue weighted by atomic mass is 16.5. The number of fused-ring (bicyclic) bond motifs is 1. The number of aromatic nitrogens is 1. The van der Waals surface area contributed by atoms with Crippen molar-refractivity contribution in [3.05, 3.63) is 106 Å². The molecular formula is C33H39N3O6. The number of hydrogen-bond donors (Lipinski definition) is 6. The molecule has 42 heavy (non-hydrogen) atoms. The first kappa shape index (κ1) is 30.6. The topological polar surface area (TPSA) is 144 Å². The van der Waals surface area contributed by atoms with Crippen LogP contribution in [0.1, 0.15) is 67.4 Å². The van der Waals surface area contributed by atoms with E-state index in [2.05, 4.69) is 15.6 Å². The van der Waals surface area contributed by atoms with E-state index in [-0.39, 0.29) is 11.3 Å². The van der Waals surface area contributed by atoms with Crippen LogP contribution in [0.4, 0.5) is 4.79 Å². The summed E-state index contributed by atoms with van der Waals surface area (Å²) >= 11 is 0. The summed E-state index contributed by atoms with van der Waals surface area (Å²) in [4.78, 5) is 25.6. The minimum atomic E-state index is -1.08. The zero-order chi connectivity index (χ0) is 29.7. The van der Waals surface area contributed by atoms with Gasteiger partial charge in [-0.1, -0.05) is 74.2 Å². The first-order chi connectivity index (χ1) is 20.4. The monoisotopic (exact) mass is 573 g/mol. The molecular weight excluding hydrogens is 534 g/mol. The standard InChI is InChI=1S/C33H39N3O6/c37-28-17-15-26(27-16-18-30(39)35-32(27)28)29(38)22-34-19-8-3-1-2-4-9-20-42-25-14-10-13-24(21-25)31(36-33(40)41)23-11-6-5-7-12-23/h5-7,10-18,21,29,31,34,36-38H,1-4,8-9,19-20,22H2,(H,35,39)(H,40,41)/t29-,31?/m1/s1. The van der Waals surface area contributed by atoms with Gasteiger partial charge in [0.15, 0.2) is 0 Å². The van der Waals surface area contributed by atoms with Gasteiger partial charge < -0.3 is 35.7 Å². The van der Waals surface area contributed by atoms with Crippen LogP contribution in [0.25, 0.3) is 10.9 Å². The number of ether oxygens (including phenoxy) is 1. The lowest BCUT2D eigenvalue weighted by atomic mass is 9.98. The molecule has 0 aliphatic heterocycles. The van der Waals surface area contributed by atoms with Gasteiger partial charge in [0.2, 0.25) is 5.56 Å². The molecule has 3 aromatic carbocycles. The molecule has 0 radical (unpaired) electrons. The highest BCUT2D eigenvalue weighted by Gasteiger charge is 2.17. The molecule has 0 aliphatic rings. The van der Waals surface area contributed by atoms with Gasteiger partial charge in [-0.15, -0.1) is 0 Å². The number of hydrogen-bond acceptors (Lipinski definition) is 6. The molecule has 1 amide bonds. The summed E-state index contributed by atoms with van der Waals surface area (Å²) in [6.45, 7) is 1.78. The Morgan fingerprint density at radius 3 is 2.38 bits per heavy atom. The number of unbranched alkanes of at least 4 members (excludes halogenated alkanes) is 5. The molecule has 0 saturated heterocycles. The second-order valence-electron chi connectivity index (χ2n) is 10.3. The Hall–Kier alpha value is -4.34. The van der Waals surface area contributed by atoms with E-state index in [9.17, 15) is 24.9 Å². The van der Waals surface area contributed by atoms with Crippen LogP contribution in [0.3, 0.4) is 0 Å². The van der Waals surface area contributed by atoms with E-state index in [4.69, 9.17) is 4.74 Å². The van der Waals surface area contributed by atoms with E-state index in [0.29, 0.717) is 29.6 Å². The van der Waals surface area contributed by atoms with Gasteiger partial charge in [-0.25, -0.2) is 4.79 Å². The SMILES string of the molecule is O=C(O)NC(c1ccccc1)c1cccc(OCCCCCCCCNC[C@@H](O)c2ccc(O)c3[nH]c(=O)ccc23)c1. The predicted octanol–water partition coefficient (Wildman–Crippen LogP) is 5.63. The minimum absolute atomic E-state index is 0.0186. The Bertz CT molecular complexity index is 1490. The number of aliphatic hydroxyl groups is 1. The Morgan fingerprint density at radius 1 is 0.857 bits per heavy atom. The third-order valence-electron chi connectivity index (χ3n) is 7.21. The molecule has 6 N–H and O–H groups in total. The molecule has 2 atom stereocenters. The van der Waals surface area contributed by atoms with Gasteiger partial charge in [-0.05, 0) is 60.3 Å². The van der Waals surface area contributed by atoms with Crippen LogP contribution in [-0.4, -0.2) is 46.1 Å². The number of carbonyl (C=O) groups is 1. The first-order valence-corrected chi connectivity index (χ1v) is 14.4. The molecule has 9 heteroatoms. The van der Waals surface area contributed by atoms with Crippen molar-refractivity contribution in [2.24, 2.45) is 0 Å². The van der Waals surface area contributed by atoms with Crippen molar-refractivity contribution in [2.45, 2.75) is 50.7 Å².